The third-order valence-electron chi connectivity index (χ3n) is 2.24. The van der Waals surface area contributed by atoms with Crippen molar-refractivity contribution in [3.8, 4) is 0 Å². The average Bonchev–Trinajstić information content (AvgIpc) is 2.15. The molecule has 0 aromatic heterocycles. The van der Waals surface area contributed by atoms with Gasteiger partial charge in [0.15, 0.2) is 0 Å². The Morgan fingerprint density at radius 3 is 2.38 bits per heavy atom. The van der Waals surface area contributed by atoms with Crippen LogP contribution in [-0.2, 0) is 4.74 Å². The minimum absolute atomic E-state index is 0.210. The van der Waals surface area contributed by atoms with Crippen LogP contribution in [0.1, 0.15) is 6.92 Å². The zero-order valence-corrected chi connectivity index (χ0v) is 10.2. The molecule has 0 aromatic rings. The standard InChI is InChI=1S/C9H17F3N2OS/c1-3-14(4-5-15-2)6-7(8(13)16)9(10,11)12/h7H,3-6H2,1-2H3,(H2,13,16). The van der Waals surface area contributed by atoms with Crippen molar-refractivity contribution in [3.05, 3.63) is 0 Å². The molecule has 0 amide bonds. The van der Waals surface area contributed by atoms with Gasteiger partial charge in [-0.2, -0.15) is 13.2 Å². The zero-order chi connectivity index (χ0) is 12.8. The Kier molecular flexibility index (Phi) is 6.85. The van der Waals surface area contributed by atoms with E-state index < -0.39 is 17.1 Å². The van der Waals surface area contributed by atoms with Gasteiger partial charge < -0.3 is 15.4 Å². The summed E-state index contributed by atoms with van der Waals surface area (Å²) in [5.74, 6) is -1.75. The van der Waals surface area contributed by atoms with Crippen LogP contribution in [0.15, 0.2) is 0 Å². The first-order valence-electron chi connectivity index (χ1n) is 4.90. The Balaban J connectivity index is 4.42. The molecule has 0 aromatic carbocycles. The highest BCUT2D eigenvalue weighted by Gasteiger charge is 2.42. The Morgan fingerprint density at radius 1 is 1.50 bits per heavy atom. The second-order valence-corrected chi connectivity index (χ2v) is 3.85. The summed E-state index contributed by atoms with van der Waals surface area (Å²) in [6.45, 7) is 2.89. The second-order valence-electron chi connectivity index (χ2n) is 3.38. The molecule has 3 nitrogen and oxygen atoms in total. The molecule has 0 aliphatic rings. The molecule has 2 N–H and O–H groups in total. The third kappa shape index (κ3) is 5.62. The number of hydrogen-bond acceptors (Lipinski definition) is 3. The summed E-state index contributed by atoms with van der Waals surface area (Å²) in [5, 5.41) is 0. The molecule has 96 valence electrons. The van der Waals surface area contributed by atoms with Crippen LogP contribution in [0.2, 0.25) is 0 Å². The van der Waals surface area contributed by atoms with Crippen molar-refractivity contribution >= 4 is 17.2 Å². The molecular formula is C9H17F3N2OS. The van der Waals surface area contributed by atoms with Crippen molar-refractivity contribution in [3.63, 3.8) is 0 Å². The summed E-state index contributed by atoms with van der Waals surface area (Å²) in [4.78, 5) is 1.10. The SMILES string of the molecule is CCN(CCOC)CC(C(N)=S)C(F)(F)F. The monoisotopic (exact) mass is 258 g/mol. The van der Waals surface area contributed by atoms with Crippen molar-refractivity contribution < 1.29 is 17.9 Å². The summed E-state index contributed by atoms with van der Waals surface area (Å²) in [7, 11) is 1.50. The lowest BCUT2D eigenvalue weighted by atomic mass is 10.1. The lowest BCUT2D eigenvalue weighted by Gasteiger charge is -2.26. The molecular weight excluding hydrogens is 241 g/mol. The van der Waals surface area contributed by atoms with Gasteiger partial charge in [-0.25, -0.2) is 0 Å². The number of alkyl halides is 3. The van der Waals surface area contributed by atoms with E-state index in [1.807, 2.05) is 0 Å². The van der Waals surface area contributed by atoms with Gasteiger partial charge in [-0.3, -0.25) is 0 Å². The van der Waals surface area contributed by atoms with Crippen molar-refractivity contribution in [2.24, 2.45) is 11.7 Å². The van der Waals surface area contributed by atoms with Crippen LogP contribution >= 0.6 is 12.2 Å². The van der Waals surface area contributed by atoms with Crippen LogP contribution in [0, 0.1) is 5.92 Å². The molecule has 1 unspecified atom stereocenters. The van der Waals surface area contributed by atoms with E-state index in [0.29, 0.717) is 19.7 Å². The smallest absolute Gasteiger partial charge is 0.393 e. The molecule has 0 saturated heterocycles. The van der Waals surface area contributed by atoms with Crippen LogP contribution in [0.25, 0.3) is 0 Å². The van der Waals surface area contributed by atoms with E-state index in [4.69, 9.17) is 10.5 Å². The van der Waals surface area contributed by atoms with Gasteiger partial charge in [0, 0.05) is 20.2 Å². The molecule has 0 saturated carbocycles. The van der Waals surface area contributed by atoms with Crippen molar-refractivity contribution in [1.29, 1.82) is 0 Å². The maximum atomic E-state index is 12.6. The molecule has 0 aliphatic heterocycles. The fourth-order valence-corrected chi connectivity index (χ4v) is 1.42. The third-order valence-corrected chi connectivity index (χ3v) is 2.52. The van der Waals surface area contributed by atoms with Gasteiger partial charge in [-0.1, -0.05) is 19.1 Å². The highest BCUT2D eigenvalue weighted by atomic mass is 32.1. The van der Waals surface area contributed by atoms with Crippen LogP contribution < -0.4 is 5.73 Å². The lowest BCUT2D eigenvalue weighted by Crippen LogP contribution is -2.44. The molecule has 0 rings (SSSR count). The zero-order valence-electron chi connectivity index (χ0n) is 9.38. The Bertz CT molecular complexity index is 223. The quantitative estimate of drug-likeness (QED) is 0.701. The van der Waals surface area contributed by atoms with Crippen molar-refractivity contribution in [2.45, 2.75) is 13.1 Å². The predicted octanol–water partition coefficient (Wildman–Crippen LogP) is 1.42. The maximum absolute atomic E-state index is 12.6. The summed E-state index contributed by atoms with van der Waals surface area (Å²) in [6, 6.07) is 0. The number of hydrogen-bond donors (Lipinski definition) is 1. The first-order chi connectivity index (χ1) is 7.32. The Morgan fingerprint density at radius 2 is 2.06 bits per heavy atom. The summed E-state index contributed by atoms with van der Waals surface area (Å²) < 4.78 is 42.5. The van der Waals surface area contributed by atoms with E-state index in [9.17, 15) is 13.2 Å². The highest BCUT2D eigenvalue weighted by molar-refractivity contribution is 7.80. The largest absolute Gasteiger partial charge is 0.399 e. The minimum Gasteiger partial charge on any atom is -0.393 e. The normalized spacial score (nSPS) is 14.1. The number of rotatable bonds is 7. The van der Waals surface area contributed by atoms with Crippen LogP contribution in [0.3, 0.4) is 0 Å². The van der Waals surface area contributed by atoms with Gasteiger partial charge in [0.25, 0.3) is 0 Å². The summed E-state index contributed by atoms with van der Waals surface area (Å²) >= 11 is 4.44. The number of likely N-dealkylation sites (N-methyl/N-ethyl adjacent to an activating group) is 1. The molecule has 1 atom stereocenters. The fraction of sp³-hybridized carbons (Fsp3) is 0.889. The molecule has 0 radical (unpaired) electrons. The first kappa shape index (κ1) is 15.6. The van der Waals surface area contributed by atoms with Crippen LogP contribution in [0.5, 0.6) is 0 Å². The number of nitrogens with two attached hydrogens (primary N) is 1. The summed E-state index contributed by atoms with van der Waals surface area (Å²) in [5.41, 5.74) is 5.11. The molecule has 0 spiro atoms. The highest BCUT2D eigenvalue weighted by Crippen LogP contribution is 2.27. The van der Waals surface area contributed by atoms with Gasteiger partial charge in [-0.15, -0.1) is 0 Å². The van der Waals surface area contributed by atoms with Crippen molar-refractivity contribution in [2.75, 3.05) is 33.4 Å². The van der Waals surface area contributed by atoms with E-state index in [1.165, 1.54) is 7.11 Å². The summed E-state index contributed by atoms with van der Waals surface area (Å²) in [6.07, 6.45) is -4.38. The topological polar surface area (TPSA) is 38.5 Å². The number of halogens is 3. The van der Waals surface area contributed by atoms with Gasteiger partial charge >= 0.3 is 6.18 Å². The van der Waals surface area contributed by atoms with Crippen molar-refractivity contribution in [1.82, 2.24) is 4.90 Å². The second kappa shape index (κ2) is 7.03. The van der Waals surface area contributed by atoms with Gasteiger partial charge in [0.1, 0.15) is 5.92 Å². The number of nitrogens with zero attached hydrogens (tertiary/aromatic N) is 1. The average molecular weight is 258 g/mol. The molecule has 0 bridgehead atoms. The van der Waals surface area contributed by atoms with E-state index >= 15 is 0 Å². The molecule has 16 heavy (non-hydrogen) atoms. The van der Waals surface area contributed by atoms with E-state index in [-0.39, 0.29) is 6.54 Å². The number of ether oxygens (including phenoxy) is 1. The van der Waals surface area contributed by atoms with Gasteiger partial charge in [0.05, 0.1) is 11.6 Å². The predicted molar refractivity (Wildman–Crippen MR) is 60.3 cm³/mol. The van der Waals surface area contributed by atoms with Crippen LogP contribution in [0.4, 0.5) is 13.2 Å². The van der Waals surface area contributed by atoms with E-state index in [0.717, 1.165) is 0 Å². The van der Waals surface area contributed by atoms with Crippen LogP contribution in [-0.4, -0.2) is 49.4 Å². The van der Waals surface area contributed by atoms with Gasteiger partial charge in [-0.05, 0) is 6.54 Å². The molecule has 0 fully saturated rings. The lowest BCUT2D eigenvalue weighted by molar-refractivity contribution is -0.159. The minimum atomic E-state index is -4.38. The molecule has 7 heteroatoms. The van der Waals surface area contributed by atoms with E-state index in [2.05, 4.69) is 12.2 Å². The maximum Gasteiger partial charge on any atom is 0.399 e. The number of thiocarbonyl (C=S) groups is 1. The molecule has 0 heterocycles. The number of methoxy groups -OCH3 is 1. The molecule has 0 aliphatic carbocycles. The van der Waals surface area contributed by atoms with E-state index in [1.54, 1.807) is 11.8 Å². The fourth-order valence-electron chi connectivity index (χ4n) is 1.21. The Hall–Kier alpha value is -0.400. The Labute approximate surface area is 98.7 Å². The first-order valence-corrected chi connectivity index (χ1v) is 5.31. The van der Waals surface area contributed by atoms with Gasteiger partial charge in [0.2, 0.25) is 0 Å².